The van der Waals surface area contributed by atoms with E-state index in [1.54, 1.807) is 32.0 Å². The van der Waals surface area contributed by atoms with Crippen LogP contribution in [0.15, 0.2) is 42.5 Å². The number of hydrogen-bond donors (Lipinski definition) is 0. The number of thiazole rings is 1. The van der Waals surface area contributed by atoms with Gasteiger partial charge in [-0.2, -0.15) is 0 Å². The van der Waals surface area contributed by atoms with Crippen LogP contribution in [-0.4, -0.2) is 42.1 Å². The van der Waals surface area contributed by atoms with Crippen LogP contribution in [-0.2, 0) is 28.7 Å². The Kier molecular flexibility index (Phi) is 10.1. The molecule has 5 rings (SSSR count). The van der Waals surface area contributed by atoms with E-state index in [2.05, 4.69) is 0 Å². The number of hydrogen-bond acceptors (Lipinski definition) is 10. The van der Waals surface area contributed by atoms with Crippen LogP contribution in [0.25, 0.3) is 20.8 Å². The predicted molar refractivity (Wildman–Crippen MR) is 160 cm³/mol. The molecule has 0 unspecified atom stereocenters. The molecule has 228 valence electrons. The minimum Gasteiger partial charge on any atom is -0.466 e. The van der Waals surface area contributed by atoms with Crippen molar-refractivity contribution in [2.24, 2.45) is 23.7 Å². The first kappa shape index (κ1) is 30.7. The zero-order chi connectivity index (χ0) is 30.3. The number of ether oxygens (including phenoxy) is 4. The van der Waals surface area contributed by atoms with Crippen molar-refractivity contribution in [2.75, 3.05) is 13.2 Å². The van der Waals surface area contributed by atoms with Crippen molar-refractivity contribution in [1.29, 1.82) is 0 Å². The Morgan fingerprint density at radius 3 is 1.74 bits per heavy atom. The molecule has 43 heavy (non-hydrogen) atoms. The summed E-state index contributed by atoms with van der Waals surface area (Å²) in [5.41, 5.74) is 1.38. The lowest BCUT2D eigenvalue weighted by Crippen LogP contribution is -2.29. The van der Waals surface area contributed by atoms with E-state index in [1.807, 2.05) is 24.3 Å². The van der Waals surface area contributed by atoms with Crippen LogP contribution in [0.1, 0.15) is 65.2 Å². The quantitative estimate of drug-likeness (QED) is 0.198. The summed E-state index contributed by atoms with van der Waals surface area (Å²) >= 11 is 1.46. The van der Waals surface area contributed by atoms with Crippen molar-refractivity contribution in [3.63, 3.8) is 0 Å². The van der Waals surface area contributed by atoms with Gasteiger partial charge in [0.25, 0.3) is 0 Å². The molecule has 0 spiro atoms. The maximum absolute atomic E-state index is 13.2. The standard InChI is InChI=1S/C33H37NO8S/c1-3-39-30(35)20-9-13-22(14-10-20)32(37)41-24-17-18-27(25(19-24)29-34-26-7-5-6-8-28(26)43-29)42-33(38)23-15-11-21(12-16-23)31(36)40-4-2/h5-8,17-23H,3-4,9-16H2,1-2H3. The summed E-state index contributed by atoms with van der Waals surface area (Å²) in [6, 6.07) is 12.7. The third-order valence-electron chi connectivity index (χ3n) is 8.27. The van der Waals surface area contributed by atoms with Gasteiger partial charge in [0.05, 0.1) is 52.7 Å². The third kappa shape index (κ3) is 7.41. The molecule has 9 nitrogen and oxygen atoms in total. The summed E-state index contributed by atoms with van der Waals surface area (Å²) in [5.74, 6) is -1.42. The molecule has 0 saturated heterocycles. The molecular weight excluding hydrogens is 570 g/mol. The number of esters is 4. The summed E-state index contributed by atoms with van der Waals surface area (Å²) in [4.78, 5) is 55.3. The molecule has 2 aliphatic carbocycles. The van der Waals surface area contributed by atoms with Crippen LogP contribution in [0.3, 0.4) is 0 Å². The largest absolute Gasteiger partial charge is 0.466 e. The van der Waals surface area contributed by atoms with Crippen molar-refractivity contribution in [1.82, 2.24) is 4.98 Å². The lowest BCUT2D eigenvalue weighted by atomic mass is 9.82. The monoisotopic (exact) mass is 607 g/mol. The minimum absolute atomic E-state index is 0.177. The molecule has 2 aliphatic rings. The van der Waals surface area contributed by atoms with Gasteiger partial charge in [0.2, 0.25) is 0 Å². The van der Waals surface area contributed by atoms with Gasteiger partial charge in [0.15, 0.2) is 0 Å². The number of benzene rings is 2. The molecule has 1 heterocycles. The number of fused-ring (bicyclic) bond motifs is 1. The molecule has 0 aliphatic heterocycles. The van der Waals surface area contributed by atoms with E-state index in [0.29, 0.717) is 86.7 Å². The Hall–Kier alpha value is -3.79. The van der Waals surface area contributed by atoms with Gasteiger partial charge in [-0.3, -0.25) is 19.2 Å². The molecule has 2 aromatic carbocycles. The second kappa shape index (κ2) is 14.1. The first-order valence-corrected chi connectivity index (χ1v) is 15.9. The lowest BCUT2D eigenvalue weighted by molar-refractivity contribution is -0.151. The van der Waals surface area contributed by atoms with Gasteiger partial charge in [-0.05, 0) is 95.5 Å². The fourth-order valence-electron chi connectivity index (χ4n) is 5.86. The number of carbonyl (C=O) groups is 4. The number of para-hydroxylation sites is 1. The van der Waals surface area contributed by atoms with Crippen molar-refractivity contribution in [2.45, 2.75) is 65.2 Å². The van der Waals surface area contributed by atoms with Crippen LogP contribution in [0.4, 0.5) is 0 Å². The van der Waals surface area contributed by atoms with Gasteiger partial charge in [0, 0.05) is 0 Å². The first-order chi connectivity index (χ1) is 20.9. The number of nitrogens with zero attached hydrogens (tertiary/aromatic N) is 1. The molecule has 0 radical (unpaired) electrons. The molecule has 2 fully saturated rings. The van der Waals surface area contributed by atoms with Crippen LogP contribution in [0.2, 0.25) is 0 Å². The Balaban J connectivity index is 1.30. The highest BCUT2D eigenvalue weighted by molar-refractivity contribution is 7.21. The predicted octanol–water partition coefficient (Wildman–Crippen LogP) is 6.51. The van der Waals surface area contributed by atoms with E-state index in [0.717, 1.165) is 10.2 Å². The van der Waals surface area contributed by atoms with Gasteiger partial charge in [-0.25, -0.2) is 4.98 Å². The topological polar surface area (TPSA) is 118 Å². The second-order valence-electron chi connectivity index (χ2n) is 11.1. The molecule has 10 heteroatoms. The summed E-state index contributed by atoms with van der Waals surface area (Å²) < 4.78 is 23.0. The smallest absolute Gasteiger partial charge is 0.314 e. The summed E-state index contributed by atoms with van der Waals surface area (Å²) in [7, 11) is 0. The van der Waals surface area contributed by atoms with Crippen LogP contribution >= 0.6 is 11.3 Å². The van der Waals surface area contributed by atoms with Gasteiger partial charge in [0.1, 0.15) is 16.5 Å². The zero-order valence-corrected chi connectivity index (χ0v) is 25.4. The first-order valence-electron chi connectivity index (χ1n) is 15.1. The minimum atomic E-state index is -0.354. The van der Waals surface area contributed by atoms with Crippen LogP contribution in [0.5, 0.6) is 11.5 Å². The molecule has 2 saturated carbocycles. The maximum Gasteiger partial charge on any atom is 0.314 e. The normalized spacial score (nSPS) is 22.0. The number of aromatic nitrogens is 1. The number of rotatable bonds is 9. The van der Waals surface area contributed by atoms with Crippen molar-refractivity contribution < 1.29 is 38.1 Å². The fraction of sp³-hybridized carbons (Fsp3) is 0.485. The van der Waals surface area contributed by atoms with Crippen LogP contribution in [0, 0.1) is 23.7 Å². The fourth-order valence-corrected chi connectivity index (χ4v) is 6.84. The molecular formula is C33H37NO8S. The van der Waals surface area contributed by atoms with E-state index in [-0.39, 0.29) is 47.5 Å². The summed E-state index contributed by atoms with van der Waals surface area (Å²) in [5, 5.41) is 0.642. The van der Waals surface area contributed by atoms with Gasteiger partial charge in [-0.15, -0.1) is 11.3 Å². The molecule has 0 atom stereocenters. The van der Waals surface area contributed by atoms with E-state index in [4.69, 9.17) is 23.9 Å². The molecule has 3 aromatic rings. The third-order valence-corrected chi connectivity index (χ3v) is 9.33. The molecule has 0 amide bonds. The maximum atomic E-state index is 13.2. The number of carbonyl (C=O) groups excluding carboxylic acids is 4. The highest BCUT2D eigenvalue weighted by Gasteiger charge is 2.33. The van der Waals surface area contributed by atoms with Gasteiger partial charge < -0.3 is 18.9 Å². The van der Waals surface area contributed by atoms with E-state index < -0.39 is 0 Å². The van der Waals surface area contributed by atoms with Gasteiger partial charge in [-0.1, -0.05) is 12.1 Å². The van der Waals surface area contributed by atoms with Crippen LogP contribution < -0.4 is 9.47 Å². The molecule has 1 aromatic heterocycles. The average molecular weight is 608 g/mol. The molecule has 0 bridgehead atoms. The SMILES string of the molecule is CCOC(=O)C1CCC(C(=O)Oc2ccc(OC(=O)C3CCC(C(=O)OCC)CC3)c(-c3nc4ccccc4s3)c2)CC1. The van der Waals surface area contributed by atoms with Crippen molar-refractivity contribution in [3.8, 4) is 22.1 Å². The average Bonchev–Trinajstić information content (AvgIpc) is 3.46. The highest BCUT2D eigenvalue weighted by Crippen LogP contribution is 2.40. The zero-order valence-electron chi connectivity index (χ0n) is 24.5. The van der Waals surface area contributed by atoms with E-state index in [1.165, 1.54) is 11.3 Å². The van der Waals surface area contributed by atoms with Crippen molar-refractivity contribution in [3.05, 3.63) is 42.5 Å². The van der Waals surface area contributed by atoms with Gasteiger partial charge >= 0.3 is 23.9 Å². The second-order valence-corrected chi connectivity index (χ2v) is 12.1. The summed E-state index contributed by atoms with van der Waals surface area (Å²) in [6.07, 6.45) is 4.56. The van der Waals surface area contributed by atoms with Crippen molar-refractivity contribution >= 4 is 45.4 Å². The Labute approximate surface area is 254 Å². The highest BCUT2D eigenvalue weighted by atomic mass is 32.1. The van der Waals surface area contributed by atoms with E-state index in [9.17, 15) is 19.2 Å². The Bertz CT molecular complexity index is 1430. The Morgan fingerprint density at radius 1 is 0.698 bits per heavy atom. The Morgan fingerprint density at radius 2 is 1.21 bits per heavy atom. The van der Waals surface area contributed by atoms with E-state index >= 15 is 0 Å². The lowest BCUT2D eigenvalue weighted by Gasteiger charge is -2.26. The molecule has 0 N–H and O–H groups in total. The summed E-state index contributed by atoms with van der Waals surface area (Å²) in [6.45, 7) is 4.26.